The molecule has 2 aromatic heterocycles. The van der Waals surface area contributed by atoms with Crippen molar-refractivity contribution in [3.63, 3.8) is 0 Å². The number of rotatable bonds is 6. The molecule has 0 saturated carbocycles. The number of anilines is 1. The number of ether oxygens (including phenoxy) is 1. The summed E-state index contributed by atoms with van der Waals surface area (Å²) in [5.41, 5.74) is 1.96. The molecule has 0 atom stereocenters. The molecule has 0 spiro atoms. The number of hydrogen-bond acceptors (Lipinski definition) is 6. The lowest BCUT2D eigenvalue weighted by atomic mass is 9.96. The highest BCUT2D eigenvalue weighted by atomic mass is 32.2. The fraction of sp³-hybridized carbons (Fsp3) is 0.600. The molecule has 3 rings (SSSR count). The Morgan fingerprint density at radius 3 is 2.68 bits per heavy atom. The summed E-state index contributed by atoms with van der Waals surface area (Å²) in [6, 6.07) is 0. The zero-order valence-corrected chi connectivity index (χ0v) is 15.7. The van der Waals surface area contributed by atoms with Crippen molar-refractivity contribution in [2.24, 2.45) is 11.1 Å². The molecule has 0 bridgehead atoms. The number of nitrogens with two attached hydrogens (primary N) is 1. The Morgan fingerprint density at radius 2 is 2.08 bits per heavy atom. The summed E-state index contributed by atoms with van der Waals surface area (Å²) in [5.74, 6) is 2.78. The van der Waals surface area contributed by atoms with Crippen LogP contribution in [0.5, 0.6) is 5.75 Å². The fourth-order valence-electron chi connectivity index (χ4n) is 3.14. The maximum Gasteiger partial charge on any atom is 0.276 e. The topological polar surface area (TPSA) is 106 Å². The molecule has 0 aromatic carbocycles. The molecule has 138 valence electrons. The molecule has 25 heavy (non-hydrogen) atoms. The maximum absolute atomic E-state index is 11.2. The number of nitrogens with zero attached hydrogens (tertiary/aromatic N) is 5. The van der Waals surface area contributed by atoms with E-state index in [1.165, 1.54) is 11.4 Å². The van der Waals surface area contributed by atoms with Crippen LogP contribution in [0.4, 0.5) is 5.82 Å². The van der Waals surface area contributed by atoms with Crippen molar-refractivity contribution in [2.75, 3.05) is 38.7 Å². The van der Waals surface area contributed by atoms with E-state index in [-0.39, 0.29) is 0 Å². The van der Waals surface area contributed by atoms with E-state index >= 15 is 0 Å². The van der Waals surface area contributed by atoms with E-state index in [1.54, 1.807) is 7.11 Å². The van der Waals surface area contributed by atoms with Gasteiger partial charge in [0, 0.05) is 32.2 Å². The van der Waals surface area contributed by atoms with Gasteiger partial charge in [-0.2, -0.15) is 17.8 Å². The molecule has 2 N–H and O–H groups in total. The Bertz CT molecular complexity index is 888. The average molecular weight is 368 g/mol. The van der Waals surface area contributed by atoms with Crippen LogP contribution in [0.2, 0.25) is 0 Å². The number of aromatic nitrogens is 3. The minimum atomic E-state index is -3.61. The van der Waals surface area contributed by atoms with Crippen molar-refractivity contribution in [3.05, 3.63) is 17.6 Å². The van der Waals surface area contributed by atoms with Crippen LogP contribution >= 0.6 is 0 Å². The molecule has 1 fully saturated rings. The van der Waals surface area contributed by atoms with Gasteiger partial charge in [-0.05, 0) is 26.2 Å². The maximum atomic E-state index is 11.2. The molecule has 9 nitrogen and oxygen atoms in total. The van der Waals surface area contributed by atoms with Crippen molar-refractivity contribution in [1.82, 2.24) is 18.9 Å². The monoisotopic (exact) mass is 368 g/mol. The van der Waals surface area contributed by atoms with Crippen LogP contribution in [0.3, 0.4) is 0 Å². The fourth-order valence-corrected chi connectivity index (χ4v) is 3.50. The highest BCUT2D eigenvalue weighted by Crippen LogP contribution is 2.34. The second-order valence-electron chi connectivity index (χ2n) is 6.52. The summed E-state index contributed by atoms with van der Waals surface area (Å²) in [7, 11) is -0.465. The number of aryl methyl sites for hydroxylation is 2. The molecule has 0 radical (unpaired) electrons. The van der Waals surface area contributed by atoms with Crippen molar-refractivity contribution >= 4 is 21.5 Å². The quantitative estimate of drug-likeness (QED) is 0.787. The van der Waals surface area contributed by atoms with Crippen LogP contribution in [0.25, 0.3) is 5.52 Å². The van der Waals surface area contributed by atoms with E-state index in [9.17, 15) is 8.42 Å². The van der Waals surface area contributed by atoms with Gasteiger partial charge in [-0.3, -0.25) is 0 Å². The summed E-state index contributed by atoms with van der Waals surface area (Å²) >= 11 is 0. The standard InChI is InChI=1S/C15H24N6O3S/c1-10-13(24-4)9-21-14(10)15(17-11(2)18-21)20-7-12(8-20)5-6-19(3)25(16,22)23/h9,12H,5-8H2,1-4H3,(H2,16,22,23). The van der Waals surface area contributed by atoms with Crippen molar-refractivity contribution < 1.29 is 13.2 Å². The van der Waals surface area contributed by atoms with Gasteiger partial charge >= 0.3 is 0 Å². The van der Waals surface area contributed by atoms with Gasteiger partial charge in [-0.25, -0.2) is 14.6 Å². The Hall–Kier alpha value is -1.91. The molecule has 0 aliphatic carbocycles. The van der Waals surface area contributed by atoms with Gasteiger partial charge in [0.05, 0.1) is 13.3 Å². The molecule has 0 amide bonds. The molecule has 1 aliphatic heterocycles. The first-order chi connectivity index (χ1) is 11.7. The zero-order chi connectivity index (χ0) is 18.4. The third kappa shape index (κ3) is 3.42. The van der Waals surface area contributed by atoms with Gasteiger partial charge < -0.3 is 9.64 Å². The molecular weight excluding hydrogens is 344 g/mol. The summed E-state index contributed by atoms with van der Waals surface area (Å²) in [6.07, 6.45) is 2.63. The third-order valence-corrected chi connectivity index (χ3v) is 5.74. The van der Waals surface area contributed by atoms with Gasteiger partial charge in [-0.15, -0.1) is 0 Å². The second-order valence-corrected chi connectivity index (χ2v) is 8.18. The van der Waals surface area contributed by atoms with Crippen molar-refractivity contribution in [1.29, 1.82) is 0 Å². The van der Waals surface area contributed by atoms with E-state index in [0.29, 0.717) is 18.3 Å². The van der Waals surface area contributed by atoms with Crippen LogP contribution in [0.15, 0.2) is 6.20 Å². The van der Waals surface area contributed by atoms with Gasteiger partial charge in [0.1, 0.15) is 17.1 Å². The van der Waals surface area contributed by atoms with Crippen molar-refractivity contribution in [3.8, 4) is 5.75 Å². The molecule has 3 heterocycles. The second kappa shape index (κ2) is 6.43. The summed E-state index contributed by atoms with van der Waals surface area (Å²) in [6.45, 7) is 5.94. The average Bonchev–Trinajstić information content (AvgIpc) is 2.80. The van der Waals surface area contributed by atoms with Gasteiger partial charge in [0.15, 0.2) is 5.82 Å². The van der Waals surface area contributed by atoms with E-state index in [2.05, 4.69) is 15.0 Å². The lowest BCUT2D eigenvalue weighted by Gasteiger charge is -2.41. The molecular formula is C15H24N6O3S. The SMILES string of the molecule is COc1cn2nc(C)nc(N3CC(CCN(C)S(N)(=O)=O)C3)c2c1C. The van der Waals surface area contributed by atoms with Crippen molar-refractivity contribution in [2.45, 2.75) is 20.3 Å². The summed E-state index contributed by atoms with van der Waals surface area (Å²) in [4.78, 5) is 6.81. The summed E-state index contributed by atoms with van der Waals surface area (Å²) in [5, 5.41) is 9.53. The Labute approximate surface area is 147 Å². The van der Waals surface area contributed by atoms with Gasteiger partial charge in [0.25, 0.3) is 10.2 Å². The predicted molar refractivity (Wildman–Crippen MR) is 95.1 cm³/mol. The predicted octanol–water partition coefficient (Wildman–Crippen LogP) is 0.316. The largest absolute Gasteiger partial charge is 0.495 e. The molecule has 1 aliphatic rings. The molecule has 10 heteroatoms. The van der Waals surface area contributed by atoms with E-state index in [0.717, 1.165) is 42.2 Å². The van der Waals surface area contributed by atoms with Crippen LogP contribution in [-0.2, 0) is 10.2 Å². The van der Waals surface area contributed by atoms with Gasteiger partial charge in [0.2, 0.25) is 0 Å². The first kappa shape index (κ1) is 17.9. The first-order valence-electron chi connectivity index (χ1n) is 8.10. The lowest BCUT2D eigenvalue weighted by Crippen LogP contribution is -2.49. The highest BCUT2D eigenvalue weighted by molar-refractivity contribution is 7.86. The number of hydrogen-bond donors (Lipinski definition) is 1. The summed E-state index contributed by atoms with van der Waals surface area (Å²) < 4.78 is 30.9. The normalized spacial score (nSPS) is 15.8. The van der Waals surface area contributed by atoms with E-state index in [1.807, 2.05) is 24.6 Å². The Kier molecular flexibility index (Phi) is 4.60. The van der Waals surface area contributed by atoms with Crippen LogP contribution in [0.1, 0.15) is 17.8 Å². The zero-order valence-electron chi connectivity index (χ0n) is 14.9. The van der Waals surface area contributed by atoms with Crippen LogP contribution < -0.4 is 14.8 Å². The molecule has 2 aromatic rings. The minimum Gasteiger partial charge on any atom is -0.495 e. The molecule has 0 unspecified atom stereocenters. The Morgan fingerprint density at radius 1 is 1.40 bits per heavy atom. The van der Waals surface area contributed by atoms with Crippen LogP contribution in [0, 0.1) is 19.8 Å². The first-order valence-corrected chi connectivity index (χ1v) is 9.60. The smallest absolute Gasteiger partial charge is 0.276 e. The number of methoxy groups -OCH3 is 1. The highest BCUT2D eigenvalue weighted by Gasteiger charge is 2.31. The van der Waals surface area contributed by atoms with Crippen LogP contribution in [-0.4, -0.2) is 61.1 Å². The third-order valence-electron chi connectivity index (χ3n) is 4.69. The van der Waals surface area contributed by atoms with E-state index in [4.69, 9.17) is 9.88 Å². The Balaban J connectivity index is 1.73. The molecule has 1 saturated heterocycles. The van der Waals surface area contributed by atoms with E-state index < -0.39 is 10.2 Å². The lowest BCUT2D eigenvalue weighted by molar-refractivity contribution is 0.343. The van der Waals surface area contributed by atoms with Gasteiger partial charge in [-0.1, -0.05) is 0 Å². The minimum absolute atomic E-state index is 0.414. The number of fused-ring (bicyclic) bond motifs is 1.